The Bertz CT molecular complexity index is 473. The third-order valence-electron chi connectivity index (χ3n) is 3.95. The molecule has 0 unspecified atom stereocenters. The molecule has 2 rings (SSSR count). The third-order valence-corrected chi connectivity index (χ3v) is 3.95. The van der Waals surface area contributed by atoms with Gasteiger partial charge in [-0.15, -0.1) is 0 Å². The smallest absolute Gasteiger partial charge is 0.224 e. The van der Waals surface area contributed by atoms with Crippen molar-refractivity contribution in [3.63, 3.8) is 0 Å². The zero-order chi connectivity index (χ0) is 14.5. The lowest BCUT2D eigenvalue weighted by Crippen LogP contribution is -2.34. The second-order valence-electron chi connectivity index (χ2n) is 5.62. The summed E-state index contributed by atoms with van der Waals surface area (Å²) in [5.74, 6) is 1.12. The highest BCUT2D eigenvalue weighted by molar-refractivity contribution is 5.79. The van der Waals surface area contributed by atoms with Gasteiger partial charge in [0.2, 0.25) is 5.91 Å². The molecule has 1 fully saturated rings. The minimum atomic E-state index is 0.0255. The number of aryl methyl sites for hydroxylation is 1. The second kappa shape index (κ2) is 6.75. The molecule has 1 aliphatic rings. The molecule has 1 aromatic rings. The van der Waals surface area contributed by atoms with Crippen molar-refractivity contribution in [1.29, 1.82) is 0 Å². The van der Waals surface area contributed by atoms with Crippen LogP contribution in [0, 0.1) is 12.8 Å². The van der Waals surface area contributed by atoms with Crippen LogP contribution in [0.15, 0.2) is 18.2 Å². The van der Waals surface area contributed by atoms with Gasteiger partial charge in [-0.25, -0.2) is 0 Å². The Labute approximate surface area is 120 Å². The quantitative estimate of drug-likeness (QED) is 0.863. The molecule has 0 heterocycles. The Hall–Kier alpha value is -1.55. The summed E-state index contributed by atoms with van der Waals surface area (Å²) in [4.78, 5) is 12.1. The summed E-state index contributed by atoms with van der Waals surface area (Å²) in [7, 11) is 1.62. The van der Waals surface area contributed by atoms with Crippen molar-refractivity contribution < 1.29 is 14.6 Å². The van der Waals surface area contributed by atoms with Crippen LogP contribution in [0.2, 0.25) is 0 Å². The maximum Gasteiger partial charge on any atom is 0.224 e. The first-order valence-corrected chi connectivity index (χ1v) is 7.16. The SMILES string of the molecule is COc1ccc(C)cc1CC(=O)N[C@H]1CC[C@@H](CO)C1. The normalized spacial score (nSPS) is 21.8. The number of methoxy groups -OCH3 is 1. The van der Waals surface area contributed by atoms with Gasteiger partial charge in [0.1, 0.15) is 5.75 Å². The highest BCUT2D eigenvalue weighted by atomic mass is 16.5. The molecule has 0 aliphatic heterocycles. The van der Waals surface area contributed by atoms with Crippen LogP contribution in [-0.2, 0) is 11.2 Å². The first kappa shape index (κ1) is 14.9. The lowest BCUT2D eigenvalue weighted by molar-refractivity contribution is -0.121. The molecule has 110 valence electrons. The van der Waals surface area contributed by atoms with Crippen LogP contribution in [0.4, 0.5) is 0 Å². The number of nitrogens with one attached hydrogen (secondary N) is 1. The van der Waals surface area contributed by atoms with E-state index in [1.54, 1.807) is 7.11 Å². The van der Waals surface area contributed by atoms with E-state index >= 15 is 0 Å². The van der Waals surface area contributed by atoms with E-state index in [0.717, 1.165) is 36.1 Å². The average Bonchev–Trinajstić information content (AvgIpc) is 2.86. The van der Waals surface area contributed by atoms with Crippen LogP contribution < -0.4 is 10.1 Å². The number of aliphatic hydroxyl groups excluding tert-OH is 1. The standard InChI is InChI=1S/C16H23NO3/c1-11-3-6-15(20-2)13(7-11)9-16(19)17-14-5-4-12(8-14)10-18/h3,6-7,12,14,18H,4-5,8-10H2,1-2H3,(H,17,19)/t12-,14+/m1/s1. The fraction of sp³-hybridized carbons (Fsp3) is 0.562. The highest BCUT2D eigenvalue weighted by Crippen LogP contribution is 2.25. The van der Waals surface area contributed by atoms with E-state index in [9.17, 15) is 4.79 Å². The van der Waals surface area contributed by atoms with E-state index in [1.807, 2.05) is 25.1 Å². The van der Waals surface area contributed by atoms with Gasteiger partial charge in [-0.2, -0.15) is 0 Å². The van der Waals surface area contributed by atoms with Gasteiger partial charge in [0.25, 0.3) is 0 Å². The maximum atomic E-state index is 12.1. The Morgan fingerprint density at radius 2 is 2.25 bits per heavy atom. The summed E-state index contributed by atoms with van der Waals surface area (Å²) in [5.41, 5.74) is 2.04. The largest absolute Gasteiger partial charge is 0.496 e. The molecule has 0 spiro atoms. The van der Waals surface area contributed by atoms with E-state index in [4.69, 9.17) is 9.84 Å². The minimum absolute atomic E-state index is 0.0255. The average molecular weight is 277 g/mol. The molecule has 1 amide bonds. The van der Waals surface area contributed by atoms with Crippen molar-refractivity contribution in [2.75, 3.05) is 13.7 Å². The van der Waals surface area contributed by atoms with Crippen LogP contribution in [-0.4, -0.2) is 30.8 Å². The highest BCUT2D eigenvalue weighted by Gasteiger charge is 2.25. The van der Waals surface area contributed by atoms with E-state index in [1.165, 1.54) is 0 Å². The molecule has 1 saturated carbocycles. The predicted octanol–water partition coefficient (Wildman–Crippen LogP) is 1.82. The molecule has 2 atom stereocenters. The van der Waals surface area contributed by atoms with Crippen molar-refractivity contribution in [3.05, 3.63) is 29.3 Å². The van der Waals surface area contributed by atoms with E-state index in [-0.39, 0.29) is 18.6 Å². The zero-order valence-corrected chi connectivity index (χ0v) is 12.2. The molecule has 0 aromatic heterocycles. The lowest BCUT2D eigenvalue weighted by atomic mass is 10.1. The molecule has 2 N–H and O–H groups in total. The molecule has 1 aromatic carbocycles. The van der Waals surface area contributed by atoms with Gasteiger partial charge in [-0.3, -0.25) is 4.79 Å². The number of rotatable bonds is 5. The lowest BCUT2D eigenvalue weighted by Gasteiger charge is -2.14. The summed E-state index contributed by atoms with van der Waals surface area (Å²) >= 11 is 0. The van der Waals surface area contributed by atoms with Crippen molar-refractivity contribution in [3.8, 4) is 5.75 Å². The van der Waals surface area contributed by atoms with Gasteiger partial charge in [0.05, 0.1) is 13.5 Å². The van der Waals surface area contributed by atoms with Crippen LogP contribution in [0.3, 0.4) is 0 Å². The van der Waals surface area contributed by atoms with Crippen LogP contribution >= 0.6 is 0 Å². The third kappa shape index (κ3) is 3.73. The number of carbonyl (C=O) groups excluding carboxylic acids is 1. The van der Waals surface area contributed by atoms with E-state index in [2.05, 4.69) is 5.32 Å². The molecular formula is C16H23NO3. The maximum absolute atomic E-state index is 12.1. The molecule has 4 heteroatoms. The number of amides is 1. The fourth-order valence-electron chi connectivity index (χ4n) is 2.87. The van der Waals surface area contributed by atoms with Crippen LogP contribution in [0.25, 0.3) is 0 Å². The van der Waals surface area contributed by atoms with Crippen molar-refractivity contribution >= 4 is 5.91 Å². The van der Waals surface area contributed by atoms with Crippen molar-refractivity contribution in [2.24, 2.45) is 5.92 Å². The van der Waals surface area contributed by atoms with Gasteiger partial charge < -0.3 is 15.2 Å². The topological polar surface area (TPSA) is 58.6 Å². The monoisotopic (exact) mass is 277 g/mol. The first-order valence-electron chi connectivity index (χ1n) is 7.16. The number of aliphatic hydroxyl groups is 1. The van der Waals surface area contributed by atoms with Crippen LogP contribution in [0.5, 0.6) is 5.75 Å². The summed E-state index contributed by atoms with van der Waals surface area (Å²) in [6.07, 6.45) is 3.18. The van der Waals surface area contributed by atoms with Gasteiger partial charge >= 0.3 is 0 Å². The number of benzene rings is 1. The Kier molecular flexibility index (Phi) is 5.01. The fourth-order valence-corrected chi connectivity index (χ4v) is 2.87. The summed E-state index contributed by atoms with van der Waals surface area (Å²) < 4.78 is 5.29. The number of ether oxygens (including phenoxy) is 1. The molecule has 20 heavy (non-hydrogen) atoms. The van der Waals surface area contributed by atoms with Gasteiger partial charge in [0, 0.05) is 18.2 Å². The number of hydrogen-bond acceptors (Lipinski definition) is 3. The Morgan fingerprint density at radius 3 is 2.90 bits per heavy atom. The summed E-state index contributed by atoms with van der Waals surface area (Å²) in [6, 6.07) is 6.07. The molecule has 0 saturated heterocycles. The van der Waals surface area contributed by atoms with E-state index < -0.39 is 0 Å². The second-order valence-corrected chi connectivity index (χ2v) is 5.62. The van der Waals surface area contributed by atoms with Crippen LogP contribution in [0.1, 0.15) is 30.4 Å². The van der Waals surface area contributed by atoms with Crippen molar-refractivity contribution in [2.45, 2.75) is 38.6 Å². The summed E-state index contributed by atoms with van der Waals surface area (Å²) in [5, 5.41) is 12.2. The first-order chi connectivity index (χ1) is 9.62. The number of carbonyl (C=O) groups is 1. The molecule has 4 nitrogen and oxygen atoms in total. The Balaban J connectivity index is 1.93. The van der Waals surface area contributed by atoms with Gasteiger partial charge in [-0.1, -0.05) is 17.7 Å². The molecule has 0 bridgehead atoms. The molecule has 1 aliphatic carbocycles. The number of hydrogen-bond donors (Lipinski definition) is 2. The Morgan fingerprint density at radius 1 is 1.45 bits per heavy atom. The summed E-state index contributed by atoms with van der Waals surface area (Å²) in [6.45, 7) is 2.22. The van der Waals surface area contributed by atoms with Crippen molar-refractivity contribution in [1.82, 2.24) is 5.32 Å². The van der Waals surface area contributed by atoms with E-state index in [0.29, 0.717) is 12.3 Å². The molecular weight excluding hydrogens is 254 g/mol. The predicted molar refractivity (Wildman–Crippen MR) is 77.8 cm³/mol. The molecule has 0 radical (unpaired) electrons. The van der Waals surface area contributed by atoms with Gasteiger partial charge in [-0.05, 0) is 38.2 Å². The zero-order valence-electron chi connectivity index (χ0n) is 12.2. The van der Waals surface area contributed by atoms with Gasteiger partial charge in [0.15, 0.2) is 0 Å². The minimum Gasteiger partial charge on any atom is -0.496 e.